The molecule has 1 saturated heterocycles. The van der Waals surface area contributed by atoms with Crippen LogP contribution in [0.4, 0.5) is 15.8 Å². The van der Waals surface area contributed by atoms with Gasteiger partial charge in [0.05, 0.1) is 5.75 Å². The van der Waals surface area contributed by atoms with Crippen molar-refractivity contribution in [3.8, 4) is 0 Å². The van der Waals surface area contributed by atoms with Crippen LogP contribution in [-0.2, 0) is 4.79 Å². The number of nitrogens with zero attached hydrogens (tertiary/aromatic N) is 1. The number of hydrogen-bond donors (Lipinski definition) is 1. The number of nitrogens with one attached hydrogen (secondary N) is 1. The first-order chi connectivity index (χ1) is 14.4. The van der Waals surface area contributed by atoms with E-state index in [4.69, 9.17) is 0 Å². The van der Waals surface area contributed by atoms with Crippen LogP contribution in [-0.4, -0.2) is 17.6 Å². The third kappa shape index (κ3) is 4.24. The molecule has 0 aliphatic carbocycles. The number of hydrogen-bond acceptors (Lipinski definition) is 3. The summed E-state index contributed by atoms with van der Waals surface area (Å²) < 4.78 is 13.4. The number of thioether (sulfide) groups is 1. The minimum absolute atomic E-state index is 0.0594. The number of carbonyl (C=O) groups excluding carboxylic acids is 2. The average Bonchev–Trinajstić information content (AvgIpc) is 3.09. The van der Waals surface area contributed by atoms with Crippen molar-refractivity contribution in [2.45, 2.75) is 19.2 Å². The largest absolute Gasteiger partial charge is 0.322 e. The molecule has 4 rings (SSSR count). The van der Waals surface area contributed by atoms with E-state index in [0.717, 1.165) is 22.4 Å². The quantitative estimate of drug-likeness (QED) is 0.609. The summed E-state index contributed by atoms with van der Waals surface area (Å²) in [5, 5.41) is 2.64. The predicted molar refractivity (Wildman–Crippen MR) is 119 cm³/mol. The van der Waals surface area contributed by atoms with Gasteiger partial charge in [0.25, 0.3) is 5.91 Å². The van der Waals surface area contributed by atoms with E-state index < -0.39 is 5.82 Å². The molecule has 0 aromatic heterocycles. The van der Waals surface area contributed by atoms with Gasteiger partial charge in [-0.05, 0) is 73.0 Å². The second-order valence-electron chi connectivity index (χ2n) is 7.36. The SMILES string of the molecule is Cc1cc(C)cc(N2C(=O)CSC2c2cccc(NC(=O)c3cccc(F)c3)c2)c1. The molecule has 152 valence electrons. The summed E-state index contributed by atoms with van der Waals surface area (Å²) in [6.45, 7) is 4.03. The topological polar surface area (TPSA) is 49.4 Å². The van der Waals surface area contributed by atoms with Gasteiger partial charge in [0.2, 0.25) is 5.91 Å². The van der Waals surface area contributed by atoms with E-state index in [9.17, 15) is 14.0 Å². The summed E-state index contributed by atoms with van der Waals surface area (Å²) in [7, 11) is 0. The lowest BCUT2D eigenvalue weighted by Gasteiger charge is -2.25. The second-order valence-corrected chi connectivity index (χ2v) is 8.43. The van der Waals surface area contributed by atoms with Gasteiger partial charge in [-0.25, -0.2) is 4.39 Å². The van der Waals surface area contributed by atoms with Crippen molar-refractivity contribution >= 4 is 35.0 Å². The summed E-state index contributed by atoms with van der Waals surface area (Å²) in [5.41, 5.74) is 4.85. The van der Waals surface area contributed by atoms with Crippen molar-refractivity contribution in [1.82, 2.24) is 0 Å². The average molecular weight is 421 g/mol. The Bertz CT molecular complexity index is 1110. The van der Waals surface area contributed by atoms with Crippen molar-refractivity contribution in [3.05, 3.63) is 94.8 Å². The monoisotopic (exact) mass is 420 g/mol. The summed E-state index contributed by atoms with van der Waals surface area (Å²) in [4.78, 5) is 26.9. The van der Waals surface area contributed by atoms with Crippen molar-refractivity contribution in [2.75, 3.05) is 16.0 Å². The van der Waals surface area contributed by atoms with E-state index in [2.05, 4.69) is 11.4 Å². The second kappa shape index (κ2) is 8.32. The van der Waals surface area contributed by atoms with Crippen LogP contribution in [0.3, 0.4) is 0 Å². The molecule has 1 atom stereocenters. The summed E-state index contributed by atoms with van der Waals surface area (Å²) in [5.74, 6) is -0.379. The number of aryl methyl sites for hydroxylation is 2. The molecule has 1 heterocycles. The first-order valence-electron chi connectivity index (χ1n) is 9.59. The van der Waals surface area contributed by atoms with Gasteiger partial charge in [-0.1, -0.05) is 24.3 Å². The zero-order valence-electron chi connectivity index (χ0n) is 16.7. The number of halogens is 1. The molecule has 0 radical (unpaired) electrons. The Balaban J connectivity index is 1.61. The van der Waals surface area contributed by atoms with Crippen molar-refractivity contribution < 1.29 is 14.0 Å². The van der Waals surface area contributed by atoms with Gasteiger partial charge >= 0.3 is 0 Å². The van der Waals surface area contributed by atoms with Gasteiger partial charge in [0, 0.05) is 16.9 Å². The van der Waals surface area contributed by atoms with Crippen molar-refractivity contribution in [2.24, 2.45) is 0 Å². The number of rotatable bonds is 4. The predicted octanol–water partition coefficient (Wildman–Crippen LogP) is 5.47. The highest BCUT2D eigenvalue weighted by Gasteiger charge is 2.34. The lowest BCUT2D eigenvalue weighted by molar-refractivity contribution is -0.115. The zero-order valence-corrected chi connectivity index (χ0v) is 17.5. The van der Waals surface area contributed by atoms with Crippen molar-refractivity contribution in [1.29, 1.82) is 0 Å². The molecule has 1 unspecified atom stereocenters. The molecule has 3 aromatic carbocycles. The molecule has 3 aromatic rings. The Morgan fingerprint density at radius 1 is 1.03 bits per heavy atom. The number of amides is 2. The number of anilines is 2. The highest BCUT2D eigenvalue weighted by Crippen LogP contribution is 2.42. The maximum atomic E-state index is 13.4. The van der Waals surface area contributed by atoms with Crippen LogP contribution in [0.15, 0.2) is 66.7 Å². The molecule has 4 nitrogen and oxygen atoms in total. The fourth-order valence-corrected chi connectivity index (χ4v) is 4.81. The molecular weight excluding hydrogens is 399 g/mol. The summed E-state index contributed by atoms with van der Waals surface area (Å²) >= 11 is 1.56. The van der Waals surface area contributed by atoms with Crippen molar-refractivity contribution in [3.63, 3.8) is 0 Å². The van der Waals surface area contributed by atoms with Gasteiger partial charge in [0.1, 0.15) is 11.2 Å². The maximum Gasteiger partial charge on any atom is 0.255 e. The Hall–Kier alpha value is -3.12. The highest BCUT2D eigenvalue weighted by molar-refractivity contribution is 8.00. The molecule has 0 spiro atoms. The molecule has 1 aliphatic rings. The van der Waals surface area contributed by atoms with Crippen LogP contribution >= 0.6 is 11.8 Å². The molecule has 1 fully saturated rings. The van der Waals surface area contributed by atoms with Gasteiger partial charge < -0.3 is 5.32 Å². The lowest BCUT2D eigenvalue weighted by Crippen LogP contribution is -2.28. The van der Waals surface area contributed by atoms with Gasteiger partial charge in [-0.2, -0.15) is 0 Å². The normalized spacial score (nSPS) is 16.0. The Morgan fingerprint density at radius 3 is 2.50 bits per heavy atom. The van der Waals surface area contributed by atoms with Crippen LogP contribution < -0.4 is 10.2 Å². The standard InChI is InChI=1S/C24H21FN2O2S/c1-15-9-16(2)11-21(10-15)27-22(28)14-30-24(27)18-6-4-8-20(13-18)26-23(29)17-5-3-7-19(25)12-17/h3-13,24H,14H2,1-2H3,(H,26,29). The highest BCUT2D eigenvalue weighted by atomic mass is 32.2. The molecule has 1 aliphatic heterocycles. The number of benzene rings is 3. The minimum atomic E-state index is -0.457. The van der Waals surface area contributed by atoms with Crippen LogP contribution in [0.1, 0.15) is 32.4 Å². The van der Waals surface area contributed by atoms with Gasteiger partial charge in [-0.3, -0.25) is 14.5 Å². The molecule has 1 N–H and O–H groups in total. The Kier molecular flexibility index (Phi) is 5.59. The first kappa shape index (κ1) is 20.2. The van der Waals surface area contributed by atoms with Crippen LogP contribution in [0.2, 0.25) is 0 Å². The Labute approximate surface area is 179 Å². The molecule has 6 heteroatoms. The van der Waals surface area contributed by atoms with E-state index in [1.54, 1.807) is 23.9 Å². The fourth-order valence-electron chi connectivity index (χ4n) is 3.64. The van der Waals surface area contributed by atoms with Crippen LogP contribution in [0.5, 0.6) is 0 Å². The van der Waals surface area contributed by atoms with E-state index >= 15 is 0 Å². The molecular formula is C24H21FN2O2S. The van der Waals surface area contributed by atoms with E-state index in [-0.39, 0.29) is 22.8 Å². The maximum absolute atomic E-state index is 13.4. The van der Waals surface area contributed by atoms with E-state index in [1.807, 2.05) is 49.1 Å². The third-order valence-corrected chi connectivity index (χ3v) is 6.08. The van der Waals surface area contributed by atoms with E-state index in [0.29, 0.717) is 11.4 Å². The van der Waals surface area contributed by atoms with Gasteiger partial charge in [0.15, 0.2) is 0 Å². The summed E-state index contributed by atoms with van der Waals surface area (Å²) in [6, 6.07) is 19.1. The fraction of sp³-hybridized carbons (Fsp3) is 0.167. The van der Waals surface area contributed by atoms with Gasteiger partial charge in [-0.15, -0.1) is 11.8 Å². The molecule has 2 amide bonds. The summed E-state index contributed by atoms with van der Waals surface area (Å²) in [6.07, 6.45) is 0. The third-order valence-electron chi connectivity index (χ3n) is 4.87. The Morgan fingerprint density at radius 2 is 1.77 bits per heavy atom. The lowest BCUT2D eigenvalue weighted by atomic mass is 10.1. The zero-order chi connectivity index (χ0) is 21.3. The smallest absolute Gasteiger partial charge is 0.255 e. The molecule has 0 saturated carbocycles. The van der Waals surface area contributed by atoms with Crippen LogP contribution in [0, 0.1) is 19.7 Å². The molecule has 0 bridgehead atoms. The van der Waals surface area contributed by atoms with Crippen LogP contribution in [0.25, 0.3) is 0 Å². The molecule has 30 heavy (non-hydrogen) atoms. The first-order valence-corrected chi connectivity index (χ1v) is 10.6. The van der Waals surface area contributed by atoms with E-state index in [1.165, 1.54) is 18.2 Å². The minimum Gasteiger partial charge on any atom is -0.322 e. The number of carbonyl (C=O) groups is 2.